The number of aromatic nitrogens is 5. The monoisotopic (exact) mass is 611 g/mol. The number of hydrogen-bond acceptors (Lipinski definition) is 10. The van der Waals surface area contributed by atoms with Crippen molar-refractivity contribution in [3.63, 3.8) is 0 Å². The van der Waals surface area contributed by atoms with Crippen molar-refractivity contribution in [3.8, 4) is 22.7 Å². The lowest BCUT2D eigenvalue weighted by atomic mass is 9.93. The van der Waals surface area contributed by atoms with Gasteiger partial charge in [0.15, 0.2) is 11.5 Å². The van der Waals surface area contributed by atoms with Crippen molar-refractivity contribution in [1.29, 1.82) is 0 Å². The number of benzene rings is 2. The van der Waals surface area contributed by atoms with Crippen LogP contribution in [0.5, 0.6) is 5.75 Å². The molecule has 5 aromatic rings. The highest BCUT2D eigenvalue weighted by Crippen LogP contribution is 2.33. The highest BCUT2D eigenvalue weighted by molar-refractivity contribution is 6.00. The van der Waals surface area contributed by atoms with Crippen LogP contribution in [0.2, 0.25) is 0 Å². The first kappa shape index (κ1) is 30.0. The lowest BCUT2D eigenvalue weighted by Crippen LogP contribution is -2.37. The van der Waals surface area contributed by atoms with Gasteiger partial charge in [-0.2, -0.15) is 5.10 Å². The van der Waals surface area contributed by atoms with Crippen LogP contribution in [0.4, 0.5) is 22.1 Å². The van der Waals surface area contributed by atoms with Gasteiger partial charge < -0.3 is 25.0 Å². The van der Waals surface area contributed by atoms with Gasteiger partial charge in [0.1, 0.15) is 29.3 Å². The van der Waals surface area contributed by atoms with Crippen molar-refractivity contribution in [1.82, 2.24) is 29.8 Å². The molecule has 234 valence electrons. The maximum absolute atomic E-state index is 12.6. The number of urea groups is 1. The number of fused-ring (bicyclic) bond motifs is 1. The van der Waals surface area contributed by atoms with Crippen LogP contribution >= 0.6 is 0 Å². The number of nitrogens with one attached hydrogen (secondary N) is 2. The average molecular weight is 612 g/mol. The van der Waals surface area contributed by atoms with Crippen LogP contribution in [0.25, 0.3) is 28.0 Å². The van der Waals surface area contributed by atoms with Crippen molar-refractivity contribution < 1.29 is 18.8 Å². The van der Waals surface area contributed by atoms with Crippen LogP contribution in [0.3, 0.4) is 0 Å². The van der Waals surface area contributed by atoms with E-state index in [0.29, 0.717) is 46.4 Å². The van der Waals surface area contributed by atoms with E-state index in [2.05, 4.69) is 30.7 Å². The normalized spacial score (nSPS) is 14.0. The largest absolute Gasteiger partial charge is 0.494 e. The number of nitrogens with two attached hydrogens (primary N) is 1. The smallest absolute Gasteiger partial charge is 0.324 e. The quantitative estimate of drug-likeness (QED) is 0.192. The van der Waals surface area contributed by atoms with E-state index in [1.165, 1.54) is 6.33 Å². The van der Waals surface area contributed by atoms with Crippen LogP contribution in [-0.4, -0.2) is 75.3 Å². The molecule has 0 bridgehead atoms. The molecule has 1 fully saturated rings. The summed E-state index contributed by atoms with van der Waals surface area (Å²) in [5, 5.41) is 15.0. The first-order valence-electron chi connectivity index (χ1n) is 14.9. The van der Waals surface area contributed by atoms with Crippen molar-refractivity contribution >= 4 is 34.4 Å². The molecule has 4 heterocycles. The zero-order chi connectivity index (χ0) is 31.4. The molecule has 0 aliphatic carbocycles. The molecule has 1 saturated heterocycles. The summed E-state index contributed by atoms with van der Waals surface area (Å²) in [4.78, 5) is 23.7. The number of rotatable bonds is 9. The van der Waals surface area contributed by atoms with Gasteiger partial charge in [0.2, 0.25) is 0 Å². The standard InChI is InChI=1S/C32H37N9O4/c1-32(2,3)25-19-26(39-45-25)37-31(42)36-22-7-9-23(10-8-22)41-30-27(29(33)34-20-35-30)28(38-41)21-5-11-24(12-6-21)44-16-4-13-40-14-17-43-18-15-40/h5-12,19-20H,4,13-18H2,1-3H3,(H2,33,34,35)(H2,36,37,39,42). The van der Waals surface area contributed by atoms with Gasteiger partial charge in [-0.25, -0.2) is 19.4 Å². The maximum atomic E-state index is 12.6. The van der Waals surface area contributed by atoms with Crippen molar-refractivity contribution in [2.45, 2.75) is 32.6 Å². The van der Waals surface area contributed by atoms with Gasteiger partial charge in [0.25, 0.3) is 0 Å². The molecule has 4 N–H and O–H groups in total. The third-order valence-electron chi connectivity index (χ3n) is 7.47. The summed E-state index contributed by atoms with van der Waals surface area (Å²) in [7, 11) is 0. The van der Waals surface area contributed by atoms with Crippen LogP contribution in [0, 0.1) is 0 Å². The second kappa shape index (κ2) is 12.9. The van der Waals surface area contributed by atoms with E-state index in [1.54, 1.807) is 22.9 Å². The summed E-state index contributed by atoms with van der Waals surface area (Å²) >= 11 is 0. The molecule has 13 heteroatoms. The maximum Gasteiger partial charge on any atom is 0.324 e. The SMILES string of the molecule is CC(C)(C)c1cc(NC(=O)Nc2ccc(-n3nc(-c4ccc(OCCCN5CCOCC5)cc4)c4c(N)ncnc43)cc2)no1. The molecule has 3 aromatic heterocycles. The molecule has 0 spiro atoms. The van der Waals surface area contributed by atoms with Gasteiger partial charge in [-0.1, -0.05) is 25.9 Å². The number of carbonyl (C=O) groups is 1. The van der Waals surface area contributed by atoms with Crippen molar-refractivity contribution in [3.05, 3.63) is 66.7 Å². The first-order valence-corrected chi connectivity index (χ1v) is 14.9. The number of ether oxygens (including phenoxy) is 2. The zero-order valence-electron chi connectivity index (χ0n) is 25.6. The molecular weight excluding hydrogens is 574 g/mol. The Morgan fingerprint density at radius 1 is 1.02 bits per heavy atom. The fraction of sp³-hybridized carbons (Fsp3) is 0.344. The minimum atomic E-state index is -0.437. The molecule has 45 heavy (non-hydrogen) atoms. The lowest BCUT2D eigenvalue weighted by Gasteiger charge is -2.26. The van der Waals surface area contributed by atoms with Crippen molar-refractivity contribution in [2.24, 2.45) is 0 Å². The second-order valence-electron chi connectivity index (χ2n) is 11.9. The summed E-state index contributed by atoms with van der Waals surface area (Å²) in [6.07, 6.45) is 2.37. The molecule has 6 rings (SSSR count). The number of carbonyl (C=O) groups excluding carboxylic acids is 1. The Balaban J connectivity index is 1.13. The van der Waals surface area contributed by atoms with E-state index in [-0.39, 0.29) is 5.41 Å². The summed E-state index contributed by atoms with van der Waals surface area (Å²) in [6, 6.07) is 16.3. The van der Waals surface area contributed by atoms with Crippen LogP contribution < -0.4 is 21.1 Å². The third kappa shape index (κ3) is 7.05. The number of anilines is 3. The Labute approximate surface area is 260 Å². The highest BCUT2D eigenvalue weighted by atomic mass is 16.5. The first-order chi connectivity index (χ1) is 21.7. The Morgan fingerprint density at radius 2 is 1.78 bits per heavy atom. The molecule has 13 nitrogen and oxygen atoms in total. The van der Waals surface area contributed by atoms with Gasteiger partial charge in [0, 0.05) is 42.4 Å². The Morgan fingerprint density at radius 3 is 2.49 bits per heavy atom. The van der Waals surface area contributed by atoms with E-state index in [0.717, 1.165) is 56.3 Å². The van der Waals surface area contributed by atoms with Crippen molar-refractivity contribution in [2.75, 3.05) is 55.8 Å². The average Bonchev–Trinajstić information content (AvgIpc) is 3.67. The van der Waals surface area contributed by atoms with Gasteiger partial charge >= 0.3 is 6.03 Å². The van der Waals surface area contributed by atoms with E-state index < -0.39 is 6.03 Å². The van der Waals surface area contributed by atoms with E-state index in [9.17, 15) is 4.79 Å². The molecule has 0 radical (unpaired) electrons. The van der Waals surface area contributed by atoms with Crippen LogP contribution in [0.15, 0.2) is 65.4 Å². The number of amides is 2. The molecule has 1 aliphatic heterocycles. The minimum Gasteiger partial charge on any atom is -0.494 e. The Kier molecular flexibility index (Phi) is 8.62. The Hall–Kier alpha value is -5.01. The summed E-state index contributed by atoms with van der Waals surface area (Å²) in [5.41, 5.74) is 9.51. The molecule has 1 aliphatic rings. The zero-order valence-corrected chi connectivity index (χ0v) is 25.6. The predicted octanol–water partition coefficient (Wildman–Crippen LogP) is 5.10. The molecule has 0 unspecified atom stereocenters. The minimum absolute atomic E-state index is 0.216. The molecule has 0 saturated carbocycles. The van der Waals surface area contributed by atoms with E-state index in [4.69, 9.17) is 24.8 Å². The van der Waals surface area contributed by atoms with Gasteiger partial charge in [-0.05, 0) is 55.0 Å². The van der Waals surface area contributed by atoms with Gasteiger partial charge in [-0.15, -0.1) is 0 Å². The van der Waals surface area contributed by atoms with Crippen LogP contribution in [0.1, 0.15) is 33.0 Å². The Bertz CT molecular complexity index is 1750. The molecule has 0 atom stereocenters. The summed E-state index contributed by atoms with van der Waals surface area (Å²) in [6.45, 7) is 11.2. The number of nitrogen functional groups attached to an aromatic ring is 1. The summed E-state index contributed by atoms with van der Waals surface area (Å²) in [5.74, 6) is 2.14. The van der Waals surface area contributed by atoms with Gasteiger partial charge in [-0.3, -0.25) is 10.2 Å². The summed E-state index contributed by atoms with van der Waals surface area (Å²) < 4.78 is 18.4. The number of nitrogens with zero attached hydrogens (tertiary/aromatic N) is 6. The molecular formula is C32H37N9O4. The van der Waals surface area contributed by atoms with E-state index in [1.807, 2.05) is 57.2 Å². The topological polar surface area (TPSA) is 158 Å². The predicted molar refractivity (Wildman–Crippen MR) is 172 cm³/mol. The molecule has 2 aromatic carbocycles. The van der Waals surface area contributed by atoms with Crippen LogP contribution in [-0.2, 0) is 10.2 Å². The fourth-order valence-corrected chi connectivity index (χ4v) is 5.02. The van der Waals surface area contributed by atoms with E-state index >= 15 is 0 Å². The fourth-order valence-electron chi connectivity index (χ4n) is 5.02. The number of morpholine rings is 1. The second-order valence-corrected chi connectivity index (χ2v) is 11.9. The highest BCUT2D eigenvalue weighted by Gasteiger charge is 2.21. The third-order valence-corrected chi connectivity index (χ3v) is 7.47. The molecule has 2 amide bonds. The number of hydrogen-bond donors (Lipinski definition) is 3. The van der Waals surface area contributed by atoms with Gasteiger partial charge in [0.05, 0.1) is 30.9 Å². The lowest BCUT2D eigenvalue weighted by molar-refractivity contribution is 0.0358.